The lowest BCUT2D eigenvalue weighted by molar-refractivity contribution is -0.390. The number of nitrogens with zero attached hydrogens (tertiary/aromatic N) is 3. The second kappa shape index (κ2) is 5.11. The normalized spacial score (nSPS) is 20.2. The Kier molecular flexibility index (Phi) is 3.55. The Bertz CT molecular complexity index is 400. The van der Waals surface area contributed by atoms with Crippen molar-refractivity contribution in [1.82, 2.24) is 14.9 Å². The van der Waals surface area contributed by atoms with Crippen LogP contribution in [0.4, 0.5) is 5.82 Å². The lowest BCUT2D eigenvalue weighted by Crippen LogP contribution is -2.41. The highest BCUT2D eigenvalue weighted by atomic mass is 16.6. The Morgan fingerprint density at radius 3 is 3.29 bits per heavy atom. The second-order valence-corrected chi connectivity index (χ2v) is 3.75. The first-order valence-corrected chi connectivity index (χ1v) is 5.29. The van der Waals surface area contributed by atoms with Crippen LogP contribution in [-0.4, -0.2) is 46.9 Å². The van der Waals surface area contributed by atoms with E-state index in [0.717, 1.165) is 6.54 Å². The van der Waals surface area contributed by atoms with Crippen molar-refractivity contribution >= 4 is 5.82 Å². The molecule has 1 aliphatic rings. The van der Waals surface area contributed by atoms with Gasteiger partial charge in [0, 0.05) is 20.1 Å². The van der Waals surface area contributed by atoms with Gasteiger partial charge in [-0.1, -0.05) is 0 Å². The molecule has 1 aromatic rings. The number of morpholine rings is 1. The zero-order valence-electron chi connectivity index (χ0n) is 9.46. The molecule has 0 bridgehead atoms. The second-order valence-electron chi connectivity index (χ2n) is 3.75. The maximum absolute atomic E-state index is 10.7. The molecule has 1 atom stereocenters. The van der Waals surface area contributed by atoms with E-state index in [0.29, 0.717) is 13.2 Å². The highest BCUT2D eigenvalue weighted by Crippen LogP contribution is 2.23. The van der Waals surface area contributed by atoms with E-state index < -0.39 is 4.92 Å². The van der Waals surface area contributed by atoms with E-state index in [9.17, 15) is 10.1 Å². The monoisotopic (exact) mass is 242 g/mol. The van der Waals surface area contributed by atoms with E-state index in [1.165, 1.54) is 10.9 Å². The van der Waals surface area contributed by atoms with Crippen molar-refractivity contribution in [3.05, 3.63) is 16.4 Å². The summed E-state index contributed by atoms with van der Waals surface area (Å²) in [6.45, 7) is 2.41. The molecule has 0 saturated carbocycles. The molecule has 1 aliphatic heterocycles. The quantitative estimate of drug-likeness (QED) is 0.575. The molecule has 0 spiro atoms. The van der Waals surface area contributed by atoms with E-state index in [1.807, 2.05) is 0 Å². The number of nitrogens with one attached hydrogen (secondary N) is 1. The molecule has 1 aromatic heterocycles. The fourth-order valence-electron chi connectivity index (χ4n) is 1.60. The Hall–Kier alpha value is -1.67. The van der Waals surface area contributed by atoms with Crippen LogP contribution in [0.3, 0.4) is 0 Å². The minimum Gasteiger partial charge on any atom is -0.470 e. The minimum atomic E-state index is -0.560. The SMILES string of the molecule is Cn1cnc([N+](=O)[O-])c1OCC1CNCCO1. The van der Waals surface area contributed by atoms with Gasteiger partial charge in [0.05, 0.1) is 6.61 Å². The number of nitro groups is 1. The first-order chi connectivity index (χ1) is 8.18. The molecule has 0 radical (unpaired) electrons. The van der Waals surface area contributed by atoms with Gasteiger partial charge in [0.2, 0.25) is 6.33 Å². The van der Waals surface area contributed by atoms with Gasteiger partial charge in [-0.2, -0.15) is 0 Å². The summed E-state index contributed by atoms with van der Waals surface area (Å²) in [4.78, 5) is 13.8. The molecule has 17 heavy (non-hydrogen) atoms. The van der Waals surface area contributed by atoms with Crippen molar-refractivity contribution in [2.45, 2.75) is 6.10 Å². The molecular weight excluding hydrogens is 228 g/mol. The number of rotatable bonds is 4. The molecule has 8 heteroatoms. The van der Waals surface area contributed by atoms with Gasteiger partial charge in [-0.3, -0.25) is 4.57 Å². The number of imidazole rings is 1. The fraction of sp³-hybridized carbons (Fsp3) is 0.667. The van der Waals surface area contributed by atoms with Crippen LogP contribution in [-0.2, 0) is 11.8 Å². The molecule has 2 rings (SSSR count). The minimum absolute atomic E-state index is 0.0849. The molecule has 0 aliphatic carbocycles. The number of hydrogen-bond donors (Lipinski definition) is 1. The van der Waals surface area contributed by atoms with E-state index in [1.54, 1.807) is 7.05 Å². The average molecular weight is 242 g/mol. The molecular formula is C9H14N4O4. The van der Waals surface area contributed by atoms with Gasteiger partial charge in [0.25, 0.3) is 5.88 Å². The molecule has 1 unspecified atom stereocenters. The predicted molar refractivity (Wildman–Crippen MR) is 58.0 cm³/mol. The summed E-state index contributed by atoms with van der Waals surface area (Å²) in [5, 5.41) is 13.8. The third kappa shape index (κ3) is 2.71. The van der Waals surface area contributed by atoms with Gasteiger partial charge >= 0.3 is 5.82 Å². The van der Waals surface area contributed by atoms with Crippen molar-refractivity contribution in [3.8, 4) is 5.88 Å². The van der Waals surface area contributed by atoms with Gasteiger partial charge in [-0.05, 0) is 9.91 Å². The van der Waals surface area contributed by atoms with Crippen LogP contribution in [0.25, 0.3) is 0 Å². The van der Waals surface area contributed by atoms with Gasteiger partial charge in [0.1, 0.15) is 12.7 Å². The van der Waals surface area contributed by atoms with Gasteiger partial charge in [0.15, 0.2) is 0 Å². The first-order valence-electron chi connectivity index (χ1n) is 5.29. The number of ether oxygens (including phenoxy) is 2. The van der Waals surface area contributed by atoms with Crippen molar-refractivity contribution in [2.75, 3.05) is 26.3 Å². The van der Waals surface area contributed by atoms with E-state index >= 15 is 0 Å². The van der Waals surface area contributed by atoms with E-state index in [4.69, 9.17) is 9.47 Å². The molecule has 1 fully saturated rings. The Morgan fingerprint density at radius 1 is 1.82 bits per heavy atom. The summed E-state index contributed by atoms with van der Waals surface area (Å²) in [6.07, 6.45) is 1.27. The number of aryl methyl sites for hydroxylation is 1. The van der Waals surface area contributed by atoms with Crippen molar-refractivity contribution in [1.29, 1.82) is 0 Å². The van der Waals surface area contributed by atoms with Gasteiger partial charge < -0.3 is 24.9 Å². The van der Waals surface area contributed by atoms with Crippen LogP contribution in [0.2, 0.25) is 0 Å². The highest BCUT2D eigenvalue weighted by Gasteiger charge is 2.23. The third-order valence-electron chi connectivity index (χ3n) is 2.45. The van der Waals surface area contributed by atoms with Crippen LogP contribution in [0.1, 0.15) is 0 Å². The Morgan fingerprint density at radius 2 is 2.65 bits per heavy atom. The van der Waals surface area contributed by atoms with Crippen LogP contribution < -0.4 is 10.1 Å². The molecule has 94 valence electrons. The summed E-state index contributed by atoms with van der Waals surface area (Å²) in [6, 6.07) is 0. The first kappa shape index (κ1) is 11.8. The lowest BCUT2D eigenvalue weighted by Gasteiger charge is -2.23. The maximum atomic E-state index is 10.7. The van der Waals surface area contributed by atoms with Crippen molar-refractivity contribution < 1.29 is 14.4 Å². The standard InChI is InChI=1S/C9H14N4O4/c1-12-6-11-8(13(14)15)9(12)17-5-7-4-10-2-3-16-7/h6-7,10H,2-5H2,1H3. The lowest BCUT2D eigenvalue weighted by atomic mass is 10.3. The molecule has 1 saturated heterocycles. The van der Waals surface area contributed by atoms with Gasteiger partial charge in [-0.25, -0.2) is 0 Å². The molecule has 8 nitrogen and oxygen atoms in total. The van der Waals surface area contributed by atoms with Crippen LogP contribution >= 0.6 is 0 Å². The largest absolute Gasteiger partial charge is 0.470 e. The molecule has 1 N–H and O–H groups in total. The van der Waals surface area contributed by atoms with Crippen LogP contribution in [0, 0.1) is 10.1 Å². The van der Waals surface area contributed by atoms with E-state index in [-0.39, 0.29) is 24.4 Å². The maximum Gasteiger partial charge on any atom is 0.426 e. The molecule has 0 aromatic carbocycles. The summed E-state index contributed by atoms with van der Waals surface area (Å²) in [5.41, 5.74) is 0. The smallest absolute Gasteiger partial charge is 0.426 e. The molecule has 0 amide bonds. The zero-order valence-corrected chi connectivity index (χ0v) is 9.46. The Labute approximate surface area is 97.7 Å². The zero-order chi connectivity index (χ0) is 12.3. The third-order valence-corrected chi connectivity index (χ3v) is 2.45. The van der Waals surface area contributed by atoms with Crippen molar-refractivity contribution in [3.63, 3.8) is 0 Å². The predicted octanol–water partition coefficient (Wildman–Crippen LogP) is -0.305. The Balaban J connectivity index is 1.97. The van der Waals surface area contributed by atoms with Crippen molar-refractivity contribution in [2.24, 2.45) is 7.05 Å². The number of hydrogen-bond acceptors (Lipinski definition) is 6. The summed E-state index contributed by atoms with van der Waals surface area (Å²) in [7, 11) is 1.65. The highest BCUT2D eigenvalue weighted by molar-refractivity contribution is 5.33. The average Bonchev–Trinajstić information content (AvgIpc) is 2.69. The summed E-state index contributed by atoms with van der Waals surface area (Å²) < 4.78 is 12.3. The van der Waals surface area contributed by atoms with Crippen LogP contribution in [0.15, 0.2) is 6.33 Å². The topological polar surface area (TPSA) is 91.5 Å². The fourth-order valence-corrected chi connectivity index (χ4v) is 1.60. The molecule has 2 heterocycles. The van der Waals surface area contributed by atoms with Crippen LogP contribution in [0.5, 0.6) is 5.88 Å². The number of aromatic nitrogens is 2. The van der Waals surface area contributed by atoms with E-state index in [2.05, 4.69) is 10.3 Å². The summed E-state index contributed by atoms with van der Waals surface area (Å²) >= 11 is 0. The van der Waals surface area contributed by atoms with Gasteiger partial charge in [-0.15, -0.1) is 0 Å². The summed E-state index contributed by atoms with van der Waals surface area (Å²) in [5.74, 6) is -0.111.